The summed E-state index contributed by atoms with van der Waals surface area (Å²) < 4.78 is 9.79. The number of amides is 2. The molecule has 0 radical (unpaired) electrons. The molecule has 102 valence electrons. The van der Waals surface area contributed by atoms with Crippen LogP contribution >= 0.6 is 0 Å². The second-order valence-electron chi connectivity index (χ2n) is 3.48. The molecule has 1 rings (SSSR count). The first-order valence-corrected chi connectivity index (χ1v) is 5.63. The number of rotatable bonds is 6. The fraction of sp³-hybridized carbons (Fsp3) is 0.231. The van der Waals surface area contributed by atoms with E-state index >= 15 is 0 Å². The second-order valence-corrected chi connectivity index (χ2v) is 3.48. The van der Waals surface area contributed by atoms with Crippen molar-refractivity contribution >= 4 is 17.5 Å². The van der Waals surface area contributed by atoms with Gasteiger partial charge in [0.15, 0.2) is 0 Å². The molecule has 0 unspecified atom stereocenters. The van der Waals surface area contributed by atoms with Crippen LogP contribution in [-0.4, -0.2) is 32.1 Å². The summed E-state index contributed by atoms with van der Waals surface area (Å²) in [6.45, 7) is 3.86. The Balaban J connectivity index is 2.40. The average molecular weight is 264 g/mol. The zero-order valence-corrected chi connectivity index (χ0v) is 10.6. The molecule has 0 saturated carbocycles. The standard InChI is InChI=1S/C13H16N2O4/c1-3-19-9-8-14-12(16)13(17)15-10-4-6-11(18-2)7-5-10/h3-7H,1,8-9H2,2H3,(H,14,16)(H,15,17). The van der Waals surface area contributed by atoms with Crippen molar-refractivity contribution in [1.29, 1.82) is 0 Å². The van der Waals surface area contributed by atoms with Crippen molar-refractivity contribution in [3.63, 3.8) is 0 Å². The van der Waals surface area contributed by atoms with Crippen LogP contribution < -0.4 is 15.4 Å². The Hall–Kier alpha value is -2.50. The van der Waals surface area contributed by atoms with Crippen molar-refractivity contribution in [1.82, 2.24) is 5.32 Å². The lowest BCUT2D eigenvalue weighted by molar-refractivity contribution is -0.136. The van der Waals surface area contributed by atoms with Gasteiger partial charge >= 0.3 is 11.8 Å². The molecule has 0 spiro atoms. The molecule has 2 amide bonds. The monoisotopic (exact) mass is 264 g/mol. The lowest BCUT2D eigenvalue weighted by Crippen LogP contribution is -2.37. The molecule has 0 atom stereocenters. The van der Waals surface area contributed by atoms with Gasteiger partial charge in [0.25, 0.3) is 0 Å². The number of nitrogens with one attached hydrogen (secondary N) is 2. The number of methoxy groups -OCH3 is 1. The maximum absolute atomic E-state index is 11.5. The van der Waals surface area contributed by atoms with Crippen LogP contribution in [0.2, 0.25) is 0 Å². The van der Waals surface area contributed by atoms with E-state index in [-0.39, 0.29) is 13.2 Å². The van der Waals surface area contributed by atoms with Crippen molar-refractivity contribution < 1.29 is 19.1 Å². The van der Waals surface area contributed by atoms with Gasteiger partial charge in [-0.25, -0.2) is 0 Å². The molecule has 2 N–H and O–H groups in total. The van der Waals surface area contributed by atoms with Crippen LogP contribution in [0.4, 0.5) is 5.69 Å². The Morgan fingerprint density at radius 2 is 1.95 bits per heavy atom. The highest BCUT2D eigenvalue weighted by atomic mass is 16.5. The van der Waals surface area contributed by atoms with Gasteiger partial charge in [-0.3, -0.25) is 9.59 Å². The largest absolute Gasteiger partial charge is 0.500 e. The van der Waals surface area contributed by atoms with Gasteiger partial charge in [0.2, 0.25) is 0 Å². The number of benzene rings is 1. The molecule has 0 fully saturated rings. The second kappa shape index (κ2) is 7.75. The van der Waals surface area contributed by atoms with Crippen LogP contribution in [0, 0.1) is 0 Å². The predicted molar refractivity (Wildman–Crippen MR) is 70.8 cm³/mol. The lowest BCUT2D eigenvalue weighted by atomic mass is 10.3. The molecule has 6 nitrogen and oxygen atoms in total. The molecular weight excluding hydrogens is 248 g/mol. The van der Waals surface area contributed by atoms with Gasteiger partial charge < -0.3 is 20.1 Å². The van der Waals surface area contributed by atoms with Crippen molar-refractivity contribution in [2.24, 2.45) is 0 Å². The van der Waals surface area contributed by atoms with Crippen LogP contribution in [0.15, 0.2) is 37.1 Å². The number of anilines is 1. The van der Waals surface area contributed by atoms with E-state index in [1.807, 2.05) is 0 Å². The van der Waals surface area contributed by atoms with Crippen molar-refractivity contribution in [2.75, 3.05) is 25.6 Å². The van der Waals surface area contributed by atoms with E-state index in [0.29, 0.717) is 11.4 Å². The summed E-state index contributed by atoms with van der Waals surface area (Å²) in [5.74, 6) is -0.781. The summed E-state index contributed by atoms with van der Waals surface area (Å²) in [5, 5.41) is 4.88. The van der Waals surface area contributed by atoms with E-state index in [1.165, 1.54) is 6.26 Å². The third kappa shape index (κ3) is 5.12. The Morgan fingerprint density at radius 3 is 2.53 bits per heavy atom. The topological polar surface area (TPSA) is 76.7 Å². The summed E-state index contributed by atoms with van der Waals surface area (Å²) in [7, 11) is 1.55. The minimum absolute atomic E-state index is 0.237. The van der Waals surface area contributed by atoms with E-state index in [1.54, 1.807) is 31.4 Å². The lowest BCUT2D eigenvalue weighted by Gasteiger charge is -2.07. The highest BCUT2D eigenvalue weighted by Gasteiger charge is 2.12. The molecule has 0 saturated heterocycles. The van der Waals surface area contributed by atoms with Crippen LogP contribution in [0.3, 0.4) is 0 Å². The zero-order chi connectivity index (χ0) is 14.1. The number of hydrogen-bond donors (Lipinski definition) is 2. The Labute approximate surface area is 111 Å². The van der Waals surface area contributed by atoms with Gasteiger partial charge in [-0.15, -0.1) is 0 Å². The highest BCUT2D eigenvalue weighted by molar-refractivity contribution is 6.39. The molecule has 0 heterocycles. The molecular formula is C13H16N2O4. The third-order valence-electron chi connectivity index (χ3n) is 2.18. The van der Waals surface area contributed by atoms with Gasteiger partial charge in [-0.2, -0.15) is 0 Å². The highest BCUT2D eigenvalue weighted by Crippen LogP contribution is 2.14. The van der Waals surface area contributed by atoms with Gasteiger partial charge in [-0.05, 0) is 24.3 Å². The predicted octanol–water partition coefficient (Wildman–Crippen LogP) is 0.910. The van der Waals surface area contributed by atoms with E-state index < -0.39 is 11.8 Å². The Bertz CT molecular complexity index is 442. The smallest absolute Gasteiger partial charge is 0.313 e. The molecule has 6 heteroatoms. The van der Waals surface area contributed by atoms with Crippen LogP contribution in [-0.2, 0) is 14.3 Å². The fourth-order valence-electron chi connectivity index (χ4n) is 1.25. The van der Waals surface area contributed by atoms with E-state index in [4.69, 9.17) is 9.47 Å². The zero-order valence-electron chi connectivity index (χ0n) is 10.6. The maximum Gasteiger partial charge on any atom is 0.313 e. The van der Waals surface area contributed by atoms with Crippen LogP contribution in [0.25, 0.3) is 0 Å². The van der Waals surface area contributed by atoms with Gasteiger partial charge in [0, 0.05) is 5.69 Å². The molecule has 0 aliphatic heterocycles. The number of carbonyl (C=O) groups is 2. The van der Waals surface area contributed by atoms with Gasteiger partial charge in [0.1, 0.15) is 12.4 Å². The van der Waals surface area contributed by atoms with Crippen molar-refractivity contribution in [3.8, 4) is 5.75 Å². The Kier molecular flexibility index (Phi) is 5.94. The molecule has 1 aromatic rings. The van der Waals surface area contributed by atoms with E-state index in [9.17, 15) is 9.59 Å². The van der Waals surface area contributed by atoms with Crippen molar-refractivity contribution in [3.05, 3.63) is 37.1 Å². The normalized spacial score (nSPS) is 9.32. The molecule has 19 heavy (non-hydrogen) atoms. The van der Waals surface area contributed by atoms with Crippen LogP contribution in [0.1, 0.15) is 0 Å². The number of hydrogen-bond acceptors (Lipinski definition) is 4. The first-order chi connectivity index (χ1) is 9.17. The molecule has 0 aliphatic carbocycles. The summed E-state index contributed by atoms with van der Waals surface area (Å²) in [6, 6.07) is 6.66. The third-order valence-corrected chi connectivity index (χ3v) is 2.18. The number of ether oxygens (including phenoxy) is 2. The summed E-state index contributed by atoms with van der Waals surface area (Å²) in [6.07, 6.45) is 1.27. The van der Waals surface area contributed by atoms with Crippen LogP contribution in [0.5, 0.6) is 5.75 Å². The average Bonchev–Trinajstić information content (AvgIpc) is 2.44. The fourth-order valence-corrected chi connectivity index (χ4v) is 1.25. The summed E-state index contributed by atoms with van der Waals surface area (Å²) >= 11 is 0. The number of carbonyl (C=O) groups excluding carboxylic acids is 2. The van der Waals surface area contributed by atoms with Crippen molar-refractivity contribution in [2.45, 2.75) is 0 Å². The summed E-state index contributed by atoms with van der Waals surface area (Å²) in [5.41, 5.74) is 0.517. The summed E-state index contributed by atoms with van der Waals surface area (Å²) in [4.78, 5) is 22.9. The molecule has 0 aromatic heterocycles. The molecule has 0 bridgehead atoms. The van der Waals surface area contributed by atoms with E-state index in [0.717, 1.165) is 0 Å². The first kappa shape index (κ1) is 14.6. The quantitative estimate of drug-likeness (QED) is 0.455. The maximum atomic E-state index is 11.5. The SMILES string of the molecule is C=COCCNC(=O)C(=O)Nc1ccc(OC)cc1. The minimum Gasteiger partial charge on any atom is -0.500 e. The van der Waals surface area contributed by atoms with Gasteiger partial charge in [0.05, 0.1) is 19.9 Å². The molecule has 1 aromatic carbocycles. The first-order valence-electron chi connectivity index (χ1n) is 5.63. The Morgan fingerprint density at radius 1 is 1.26 bits per heavy atom. The molecule has 0 aliphatic rings. The van der Waals surface area contributed by atoms with E-state index in [2.05, 4.69) is 17.2 Å². The minimum atomic E-state index is -0.733. The van der Waals surface area contributed by atoms with Gasteiger partial charge in [-0.1, -0.05) is 6.58 Å².